The molecule has 2 aliphatic rings. The van der Waals surface area contributed by atoms with Crippen LogP contribution in [0, 0.1) is 0 Å². The monoisotopic (exact) mass is 441 g/mol. The molecule has 3 heterocycles. The van der Waals surface area contributed by atoms with Gasteiger partial charge < -0.3 is 15.4 Å². The Labute approximate surface area is 176 Å². The third kappa shape index (κ3) is 3.35. The van der Waals surface area contributed by atoms with Crippen molar-refractivity contribution in [3.05, 3.63) is 53.9 Å². The van der Waals surface area contributed by atoms with Crippen LogP contribution in [0.2, 0.25) is 0 Å². The van der Waals surface area contributed by atoms with Crippen LogP contribution in [0.15, 0.2) is 51.8 Å². The SMILES string of the molecule is Nc1nc(COC(=O)c2ccc3c(c2)SC2=NS(=O)(=O)CCN23)nc2ccccc12. The van der Waals surface area contributed by atoms with Gasteiger partial charge in [-0.2, -0.15) is 0 Å². The van der Waals surface area contributed by atoms with Gasteiger partial charge in [-0.05, 0) is 42.1 Å². The number of fused-ring (bicyclic) bond motifs is 4. The Morgan fingerprint density at radius 2 is 2.03 bits per heavy atom. The average Bonchev–Trinajstić information content (AvgIpc) is 3.07. The van der Waals surface area contributed by atoms with Gasteiger partial charge in [-0.1, -0.05) is 12.1 Å². The van der Waals surface area contributed by atoms with Gasteiger partial charge in [0.25, 0.3) is 10.0 Å². The largest absolute Gasteiger partial charge is 0.454 e. The summed E-state index contributed by atoms with van der Waals surface area (Å²) in [6.07, 6.45) is 0. The molecule has 2 N–H and O–H groups in total. The predicted octanol–water partition coefficient (Wildman–Crippen LogP) is 2.18. The Hall–Kier alpha value is -3.18. The highest BCUT2D eigenvalue weighted by molar-refractivity contribution is 8.15. The van der Waals surface area contributed by atoms with Gasteiger partial charge in [0.15, 0.2) is 17.6 Å². The molecule has 1 aromatic heterocycles. The molecule has 0 amide bonds. The quantitative estimate of drug-likeness (QED) is 0.608. The molecule has 0 aliphatic carbocycles. The molecule has 9 nitrogen and oxygen atoms in total. The number of carbonyl (C=O) groups is 1. The number of sulfonamides is 1. The van der Waals surface area contributed by atoms with Crippen LogP contribution in [0.4, 0.5) is 11.5 Å². The van der Waals surface area contributed by atoms with Gasteiger partial charge in [0.1, 0.15) is 5.82 Å². The summed E-state index contributed by atoms with van der Waals surface area (Å²) in [6.45, 7) is 0.223. The first-order chi connectivity index (χ1) is 14.4. The second-order valence-electron chi connectivity index (χ2n) is 6.71. The number of nitrogen functional groups attached to an aromatic ring is 1. The lowest BCUT2D eigenvalue weighted by Crippen LogP contribution is -2.35. The van der Waals surface area contributed by atoms with E-state index in [-0.39, 0.29) is 12.4 Å². The van der Waals surface area contributed by atoms with E-state index in [2.05, 4.69) is 14.4 Å². The van der Waals surface area contributed by atoms with Crippen LogP contribution >= 0.6 is 11.8 Å². The first-order valence-electron chi connectivity index (χ1n) is 9.00. The number of nitrogens with two attached hydrogens (primary N) is 1. The summed E-state index contributed by atoms with van der Waals surface area (Å²) in [7, 11) is -3.43. The summed E-state index contributed by atoms with van der Waals surface area (Å²) < 4.78 is 32.6. The van der Waals surface area contributed by atoms with Crippen LogP contribution in [0.3, 0.4) is 0 Å². The Kier molecular flexibility index (Phi) is 4.36. The summed E-state index contributed by atoms with van der Waals surface area (Å²) in [5, 5.41) is 1.14. The number of benzene rings is 2. The molecule has 0 fully saturated rings. The minimum Gasteiger partial charge on any atom is -0.454 e. The number of carbonyl (C=O) groups excluding carboxylic acids is 1. The molecule has 0 spiro atoms. The Balaban J connectivity index is 1.34. The number of para-hydroxylation sites is 1. The normalized spacial score (nSPS) is 16.7. The fraction of sp³-hybridized carbons (Fsp3) is 0.158. The first kappa shape index (κ1) is 18.8. The van der Waals surface area contributed by atoms with E-state index in [1.165, 1.54) is 11.8 Å². The molecule has 152 valence electrons. The van der Waals surface area contributed by atoms with Gasteiger partial charge in [0.05, 0.1) is 22.5 Å². The third-order valence-corrected chi connectivity index (χ3v) is 7.03. The van der Waals surface area contributed by atoms with E-state index in [9.17, 15) is 13.2 Å². The van der Waals surface area contributed by atoms with Crippen molar-refractivity contribution in [2.45, 2.75) is 11.5 Å². The van der Waals surface area contributed by atoms with E-state index >= 15 is 0 Å². The smallest absolute Gasteiger partial charge is 0.338 e. The van der Waals surface area contributed by atoms with Crippen LogP contribution in [0.5, 0.6) is 0 Å². The molecule has 2 aromatic carbocycles. The van der Waals surface area contributed by atoms with Crippen molar-refractivity contribution in [3.8, 4) is 0 Å². The topological polar surface area (TPSA) is 128 Å². The minimum atomic E-state index is -3.43. The lowest BCUT2D eigenvalue weighted by atomic mass is 10.2. The fourth-order valence-electron chi connectivity index (χ4n) is 3.29. The highest BCUT2D eigenvalue weighted by Gasteiger charge is 2.33. The van der Waals surface area contributed by atoms with Gasteiger partial charge in [0, 0.05) is 16.8 Å². The van der Waals surface area contributed by atoms with Crippen molar-refractivity contribution in [3.63, 3.8) is 0 Å². The van der Waals surface area contributed by atoms with E-state index < -0.39 is 16.0 Å². The first-order valence-corrected chi connectivity index (χ1v) is 11.4. The summed E-state index contributed by atoms with van der Waals surface area (Å²) in [5.41, 5.74) is 7.81. The van der Waals surface area contributed by atoms with E-state index in [0.717, 1.165) is 16.0 Å². The van der Waals surface area contributed by atoms with Crippen LogP contribution in [-0.4, -0.2) is 41.8 Å². The Morgan fingerprint density at radius 1 is 1.20 bits per heavy atom. The fourth-order valence-corrected chi connectivity index (χ4v) is 5.58. The lowest BCUT2D eigenvalue weighted by Gasteiger charge is -2.22. The number of nitrogens with zero attached hydrogens (tertiary/aromatic N) is 4. The maximum Gasteiger partial charge on any atom is 0.338 e. The van der Waals surface area contributed by atoms with Crippen molar-refractivity contribution in [2.75, 3.05) is 22.9 Å². The third-order valence-electron chi connectivity index (χ3n) is 4.72. The number of hydrogen-bond donors (Lipinski definition) is 1. The van der Waals surface area contributed by atoms with E-state index in [1.807, 2.05) is 29.2 Å². The van der Waals surface area contributed by atoms with Gasteiger partial charge in [-0.25, -0.2) is 23.2 Å². The molecule has 30 heavy (non-hydrogen) atoms. The van der Waals surface area contributed by atoms with Crippen LogP contribution in [0.1, 0.15) is 16.2 Å². The highest BCUT2D eigenvalue weighted by Crippen LogP contribution is 2.42. The van der Waals surface area contributed by atoms with Crippen LogP contribution in [0.25, 0.3) is 10.9 Å². The zero-order valence-corrected chi connectivity index (χ0v) is 17.1. The Morgan fingerprint density at radius 3 is 2.90 bits per heavy atom. The second-order valence-corrected chi connectivity index (χ2v) is 9.48. The molecule has 5 rings (SSSR count). The summed E-state index contributed by atoms with van der Waals surface area (Å²) >= 11 is 1.22. The van der Waals surface area contributed by atoms with Crippen molar-refractivity contribution in [1.82, 2.24) is 9.97 Å². The lowest BCUT2D eigenvalue weighted by molar-refractivity contribution is 0.0462. The molecular weight excluding hydrogens is 426 g/mol. The van der Waals surface area contributed by atoms with Gasteiger partial charge in [-0.15, -0.1) is 4.40 Å². The number of aromatic nitrogens is 2. The van der Waals surface area contributed by atoms with Gasteiger partial charge >= 0.3 is 5.97 Å². The molecule has 0 unspecified atom stereocenters. The number of rotatable bonds is 3. The molecule has 11 heteroatoms. The van der Waals surface area contributed by atoms with Gasteiger partial charge in [0.2, 0.25) is 0 Å². The van der Waals surface area contributed by atoms with Crippen molar-refractivity contribution >= 4 is 55.3 Å². The minimum absolute atomic E-state index is 0.0326. The maximum absolute atomic E-state index is 12.5. The van der Waals surface area contributed by atoms with Crippen LogP contribution in [-0.2, 0) is 21.4 Å². The summed E-state index contributed by atoms with van der Waals surface area (Å²) in [4.78, 5) is 23.7. The van der Waals surface area contributed by atoms with Crippen molar-refractivity contribution < 1.29 is 17.9 Å². The number of hydrogen-bond acceptors (Lipinski definition) is 9. The second kappa shape index (κ2) is 6.96. The Bertz CT molecular complexity index is 1340. The zero-order chi connectivity index (χ0) is 20.9. The summed E-state index contributed by atoms with van der Waals surface area (Å²) in [6, 6.07) is 12.4. The number of amidine groups is 1. The molecule has 0 radical (unpaired) electrons. The van der Waals surface area contributed by atoms with Crippen molar-refractivity contribution in [2.24, 2.45) is 4.40 Å². The maximum atomic E-state index is 12.5. The molecule has 0 bridgehead atoms. The van der Waals surface area contributed by atoms with E-state index in [0.29, 0.717) is 34.4 Å². The standard InChI is InChI=1S/C19H15N5O4S2/c20-17-12-3-1-2-4-13(12)21-16(22-17)10-28-18(25)11-5-6-14-15(9-11)29-19-23-30(26,27)8-7-24(14)19/h1-6,9H,7-8,10H2,(H2,20,21,22). The highest BCUT2D eigenvalue weighted by atomic mass is 32.2. The van der Waals surface area contributed by atoms with Crippen LogP contribution < -0.4 is 10.6 Å². The molecule has 0 saturated heterocycles. The number of thioether (sulfide) groups is 1. The average molecular weight is 441 g/mol. The molecule has 3 aromatic rings. The molecule has 0 atom stereocenters. The molecule has 0 saturated carbocycles. The number of ether oxygens (including phenoxy) is 1. The van der Waals surface area contributed by atoms with E-state index in [4.69, 9.17) is 10.5 Å². The molecular formula is C19H15N5O4S2. The number of anilines is 2. The molecule has 2 aliphatic heterocycles. The van der Waals surface area contributed by atoms with Gasteiger partial charge in [-0.3, -0.25) is 0 Å². The summed E-state index contributed by atoms with van der Waals surface area (Å²) in [5.74, 6) is 0.0720. The number of esters is 1. The zero-order valence-electron chi connectivity index (χ0n) is 15.5. The van der Waals surface area contributed by atoms with E-state index in [1.54, 1.807) is 18.2 Å². The van der Waals surface area contributed by atoms with Crippen molar-refractivity contribution in [1.29, 1.82) is 0 Å². The predicted molar refractivity (Wildman–Crippen MR) is 114 cm³/mol.